The van der Waals surface area contributed by atoms with Gasteiger partial charge in [-0.25, -0.2) is 9.78 Å². The Hall–Kier alpha value is -4.19. The molecule has 1 aliphatic rings. The van der Waals surface area contributed by atoms with Gasteiger partial charge in [-0.15, -0.1) is 0 Å². The number of Topliss-reactive ketones (excluding diaryl/α,β-unsaturated/α-hetero) is 1. The maximum absolute atomic E-state index is 13.7. The van der Waals surface area contributed by atoms with Crippen molar-refractivity contribution in [2.45, 2.75) is 13.0 Å². The number of esters is 1. The third-order valence-electron chi connectivity index (χ3n) is 5.76. The normalized spacial score (nSPS) is 15.2. The van der Waals surface area contributed by atoms with E-state index in [-0.39, 0.29) is 5.78 Å². The van der Waals surface area contributed by atoms with Gasteiger partial charge in [-0.2, -0.15) is 0 Å². The number of methoxy groups -OCH3 is 1. The van der Waals surface area contributed by atoms with Crippen molar-refractivity contribution in [2.75, 3.05) is 12.4 Å². The van der Waals surface area contributed by atoms with Crippen LogP contribution < -0.4 is 5.32 Å². The van der Waals surface area contributed by atoms with E-state index < -0.39 is 12.0 Å². The fraction of sp³-hybridized carbons (Fsp3) is 0.115. The first-order chi connectivity index (χ1) is 15.6. The Balaban J connectivity index is 1.72. The van der Waals surface area contributed by atoms with E-state index >= 15 is 0 Å². The predicted octanol–water partition coefficient (Wildman–Crippen LogP) is 4.99. The molecule has 1 aliphatic heterocycles. The summed E-state index contributed by atoms with van der Waals surface area (Å²) in [6.45, 7) is 1.90. The minimum absolute atomic E-state index is 0.0546. The molecule has 0 amide bonds. The third kappa shape index (κ3) is 3.17. The molecule has 0 fully saturated rings. The quantitative estimate of drug-likeness (QED) is 0.370. The van der Waals surface area contributed by atoms with E-state index in [1.54, 1.807) is 12.1 Å². The number of nitrogens with one attached hydrogen (secondary N) is 1. The van der Waals surface area contributed by atoms with Crippen LogP contribution in [0, 0.1) is 0 Å². The van der Waals surface area contributed by atoms with E-state index in [9.17, 15) is 9.59 Å². The van der Waals surface area contributed by atoms with E-state index in [4.69, 9.17) is 9.72 Å². The molecule has 0 aliphatic carbocycles. The number of benzene rings is 3. The van der Waals surface area contributed by atoms with Crippen LogP contribution in [0.4, 0.5) is 5.95 Å². The van der Waals surface area contributed by atoms with Gasteiger partial charge in [-0.1, -0.05) is 54.6 Å². The highest BCUT2D eigenvalue weighted by Gasteiger charge is 2.34. The number of para-hydroxylation sites is 2. The first-order valence-corrected chi connectivity index (χ1v) is 10.3. The summed E-state index contributed by atoms with van der Waals surface area (Å²) in [6.07, 6.45) is 0. The molecule has 1 N–H and O–H groups in total. The molecule has 5 rings (SSSR count). The highest BCUT2D eigenvalue weighted by Crippen LogP contribution is 2.40. The molecule has 2 heterocycles. The second kappa shape index (κ2) is 7.81. The molecular weight excluding hydrogens is 402 g/mol. The zero-order valence-electron chi connectivity index (χ0n) is 17.7. The molecule has 1 atom stereocenters. The highest BCUT2D eigenvalue weighted by molar-refractivity contribution is 6.11. The zero-order valence-corrected chi connectivity index (χ0v) is 17.7. The van der Waals surface area contributed by atoms with Gasteiger partial charge in [-0.05, 0) is 36.8 Å². The number of ketones is 1. The summed E-state index contributed by atoms with van der Waals surface area (Å²) < 4.78 is 6.88. The molecule has 32 heavy (non-hydrogen) atoms. The molecule has 0 saturated heterocycles. The maximum Gasteiger partial charge on any atom is 0.337 e. The summed E-state index contributed by atoms with van der Waals surface area (Å²) in [5, 5.41) is 3.33. The second-order valence-corrected chi connectivity index (χ2v) is 7.67. The van der Waals surface area contributed by atoms with Gasteiger partial charge >= 0.3 is 5.97 Å². The van der Waals surface area contributed by atoms with Gasteiger partial charge in [0.1, 0.15) is 0 Å². The standard InChI is InChI=1S/C26H21N3O3/c1-16-22(24(30)18-8-4-3-5-9-18)23(17-12-14-19(15-13-17)25(31)32-2)29-21-11-7-6-10-20(21)28-26(29)27-16/h3-15,23H,1-2H3,(H,27,28)/t23-/m0/s1. The van der Waals surface area contributed by atoms with Crippen molar-refractivity contribution in [2.24, 2.45) is 0 Å². The molecule has 0 bridgehead atoms. The Morgan fingerprint density at radius 1 is 0.906 bits per heavy atom. The monoisotopic (exact) mass is 423 g/mol. The highest BCUT2D eigenvalue weighted by atomic mass is 16.5. The number of hydrogen-bond donors (Lipinski definition) is 1. The number of carbonyl (C=O) groups excluding carboxylic acids is 2. The fourth-order valence-corrected chi connectivity index (χ4v) is 4.24. The molecule has 0 spiro atoms. The first-order valence-electron chi connectivity index (χ1n) is 10.3. The van der Waals surface area contributed by atoms with Gasteiger partial charge in [-0.3, -0.25) is 9.36 Å². The lowest BCUT2D eigenvalue weighted by molar-refractivity contribution is 0.0600. The lowest BCUT2D eigenvalue weighted by atomic mass is 9.89. The zero-order chi connectivity index (χ0) is 22.2. The van der Waals surface area contributed by atoms with E-state index in [2.05, 4.69) is 5.32 Å². The molecule has 3 aromatic carbocycles. The van der Waals surface area contributed by atoms with E-state index in [0.29, 0.717) is 22.6 Å². The molecule has 0 saturated carbocycles. The summed E-state index contributed by atoms with van der Waals surface area (Å²) >= 11 is 0. The molecule has 6 nitrogen and oxygen atoms in total. The van der Waals surface area contributed by atoms with Crippen LogP contribution in [0.3, 0.4) is 0 Å². The molecular formula is C26H21N3O3. The van der Waals surface area contributed by atoms with Crippen molar-refractivity contribution >= 4 is 28.7 Å². The first kappa shape index (κ1) is 19.8. The van der Waals surface area contributed by atoms with Gasteiger partial charge in [0.15, 0.2) is 5.78 Å². The Morgan fingerprint density at radius 3 is 2.31 bits per heavy atom. The summed E-state index contributed by atoms with van der Waals surface area (Å²) in [5.74, 6) is 0.222. The van der Waals surface area contributed by atoms with E-state index in [1.165, 1.54) is 7.11 Å². The molecule has 0 radical (unpaired) electrons. The number of allylic oxidation sites excluding steroid dienone is 2. The number of aromatic nitrogens is 2. The minimum atomic E-state index is -0.405. The molecule has 1 aromatic heterocycles. The summed E-state index contributed by atoms with van der Waals surface area (Å²) in [4.78, 5) is 30.3. The van der Waals surface area contributed by atoms with E-state index in [0.717, 1.165) is 22.3 Å². The lowest BCUT2D eigenvalue weighted by Gasteiger charge is -2.31. The predicted molar refractivity (Wildman–Crippen MR) is 123 cm³/mol. The van der Waals surface area contributed by atoms with Crippen LogP contribution in [0.25, 0.3) is 11.0 Å². The van der Waals surface area contributed by atoms with Gasteiger partial charge in [0.05, 0.1) is 29.7 Å². The van der Waals surface area contributed by atoms with Gasteiger partial charge in [0, 0.05) is 16.8 Å². The average Bonchev–Trinajstić information content (AvgIpc) is 3.20. The van der Waals surface area contributed by atoms with Crippen molar-refractivity contribution in [1.29, 1.82) is 0 Å². The third-order valence-corrected chi connectivity index (χ3v) is 5.76. The summed E-state index contributed by atoms with van der Waals surface area (Å²) in [7, 11) is 1.36. The van der Waals surface area contributed by atoms with Crippen LogP contribution in [-0.2, 0) is 4.74 Å². The van der Waals surface area contributed by atoms with Crippen molar-refractivity contribution in [3.05, 3.63) is 107 Å². The average molecular weight is 423 g/mol. The van der Waals surface area contributed by atoms with Gasteiger partial charge < -0.3 is 10.1 Å². The number of nitrogens with zero attached hydrogens (tertiary/aromatic N) is 2. The van der Waals surface area contributed by atoms with Crippen LogP contribution in [-0.4, -0.2) is 28.4 Å². The number of fused-ring (bicyclic) bond motifs is 3. The summed E-state index contributed by atoms with van der Waals surface area (Å²) in [6, 6.07) is 23.9. The largest absolute Gasteiger partial charge is 0.465 e. The fourth-order valence-electron chi connectivity index (χ4n) is 4.24. The Kier molecular flexibility index (Phi) is 4.82. The molecule has 6 heteroatoms. The van der Waals surface area contributed by atoms with E-state index in [1.807, 2.05) is 78.2 Å². The molecule has 4 aromatic rings. The minimum Gasteiger partial charge on any atom is -0.465 e. The van der Waals surface area contributed by atoms with Crippen molar-refractivity contribution in [1.82, 2.24) is 9.55 Å². The van der Waals surface area contributed by atoms with Crippen molar-refractivity contribution in [3.8, 4) is 0 Å². The van der Waals surface area contributed by atoms with Gasteiger partial charge in [0.25, 0.3) is 0 Å². The molecule has 158 valence electrons. The maximum atomic E-state index is 13.7. The Labute approximate surface area is 185 Å². The molecule has 0 unspecified atom stereocenters. The Bertz CT molecular complexity index is 1370. The number of rotatable bonds is 4. The number of anilines is 1. The van der Waals surface area contributed by atoms with Crippen LogP contribution in [0.5, 0.6) is 0 Å². The van der Waals surface area contributed by atoms with Gasteiger partial charge in [0.2, 0.25) is 5.95 Å². The van der Waals surface area contributed by atoms with Crippen molar-refractivity contribution < 1.29 is 14.3 Å². The van der Waals surface area contributed by atoms with Crippen molar-refractivity contribution in [3.63, 3.8) is 0 Å². The lowest BCUT2D eigenvalue weighted by Crippen LogP contribution is -2.28. The number of carbonyl (C=O) groups is 2. The van der Waals surface area contributed by atoms with Crippen LogP contribution in [0.15, 0.2) is 90.1 Å². The smallest absolute Gasteiger partial charge is 0.337 e. The number of ether oxygens (including phenoxy) is 1. The number of imidazole rings is 1. The topological polar surface area (TPSA) is 73.2 Å². The number of hydrogen-bond acceptors (Lipinski definition) is 5. The van der Waals surface area contributed by atoms with Crippen LogP contribution in [0.2, 0.25) is 0 Å². The van der Waals surface area contributed by atoms with Crippen LogP contribution >= 0.6 is 0 Å². The Morgan fingerprint density at radius 2 is 1.59 bits per heavy atom. The van der Waals surface area contributed by atoms with Crippen LogP contribution in [0.1, 0.15) is 39.2 Å². The summed E-state index contributed by atoms with van der Waals surface area (Å²) in [5.41, 5.74) is 5.10. The second-order valence-electron chi connectivity index (χ2n) is 7.67. The SMILES string of the molecule is COC(=O)c1ccc([C@H]2C(C(=O)c3ccccc3)=C(C)Nc3nc4ccccc4n32)cc1.